The molecule has 4 heterocycles. The number of para-hydroxylation sites is 2. The fourth-order valence-corrected chi connectivity index (χ4v) is 3.10. The topological polar surface area (TPSA) is 83.9 Å². The number of nitrogens with one attached hydrogen (secondary N) is 3. The lowest BCUT2D eigenvalue weighted by Crippen LogP contribution is -2.59. The predicted molar refractivity (Wildman–Crippen MR) is 77.9 cm³/mol. The van der Waals surface area contributed by atoms with Crippen molar-refractivity contribution < 1.29 is 0 Å². The molecule has 2 atom stereocenters. The van der Waals surface area contributed by atoms with E-state index in [1.807, 2.05) is 30.6 Å². The fourth-order valence-electron chi connectivity index (χ4n) is 3.10. The van der Waals surface area contributed by atoms with E-state index in [9.17, 15) is 0 Å². The first-order valence-electron chi connectivity index (χ1n) is 7.05. The van der Waals surface area contributed by atoms with Crippen molar-refractivity contribution >= 4 is 23.2 Å². The van der Waals surface area contributed by atoms with Crippen LogP contribution < -0.4 is 10.9 Å². The number of rotatable bonds is 1. The molecule has 21 heavy (non-hydrogen) atoms. The predicted octanol–water partition coefficient (Wildman–Crippen LogP) is 0.339. The molecule has 2 unspecified atom stereocenters. The number of fused-ring (bicyclic) bond motifs is 4. The first-order valence-corrected chi connectivity index (χ1v) is 7.05. The zero-order valence-corrected chi connectivity index (χ0v) is 11.2. The summed E-state index contributed by atoms with van der Waals surface area (Å²) in [4.78, 5) is 7.98. The van der Waals surface area contributed by atoms with E-state index in [1.165, 1.54) is 0 Å². The minimum atomic E-state index is 0.163. The average molecular weight is 282 g/mol. The summed E-state index contributed by atoms with van der Waals surface area (Å²) in [5.74, 6) is 1.57. The molecule has 3 N–H and O–H groups in total. The normalized spacial score (nSPS) is 26.4. The lowest BCUT2D eigenvalue weighted by atomic mass is 10.1. The van der Waals surface area contributed by atoms with Gasteiger partial charge in [-0.1, -0.05) is 12.1 Å². The van der Waals surface area contributed by atoms with Crippen LogP contribution in [-0.2, 0) is 0 Å². The molecule has 0 bridgehead atoms. The quantitative estimate of drug-likeness (QED) is 0.702. The zero-order valence-electron chi connectivity index (χ0n) is 11.2. The Hall–Kier alpha value is -2.77. The second kappa shape index (κ2) is 3.87. The molecular weight excluding hydrogens is 268 g/mol. The van der Waals surface area contributed by atoms with Gasteiger partial charge in [0, 0.05) is 0 Å². The lowest BCUT2D eigenvalue weighted by molar-refractivity contribution is -0.000179. The fraction of sp³-hybridized carbons (Fsp3) is 0.308. The molecule has 5 rings (SSSR count). The highest BCUT2D eigenvalue weighted by molar-refractivity contribution is 5.99. The number of hydrazone groups is 2. The van der Waals surface area contributed by atoms with E-state index >= 15 is 0 Å². The highest BCUT2D eigenvalue weighted by atomic mass is 15.8. The molecule has 106 valence electrons. The van der Waals surface area contributed by atoms with Gasteiger partial charge in [-0.3, -0.25) is 10.9 Å². The van der Waals surface area contributed by atoms with Crippen molar-refractivity contribution in [1.29, 1.82) is 0 Å². The van der Waals surface area contributed by atoms with Gasteiger partial charge in [-0.2, -0.15) is 10.2 Å². The van der Waals surface area contributed by atoms with E-state index in [1.54, 1.807) is 0 Å². The number of hydrazine groups is 1. The van der Waals surface area contributed by atoms with Gasteiger partial charge in [0.15, 0.2) is 5.82 Å². The molecule has 2 aromatic rings. The highest BCUT2D eigenvalue weighted by Gasteiger charge is 2.42. The molecule has 3 aliphatic heterocycles. The molecule has 3 aliphatic rings. The number of hydrogen-bond acceptors (Lipinski definition) is 7. The maximum absolute atomic E-state index is 4.64. The molecule has 1 saturated heterocycles. The number of amidine groups is 1. The number of aromatic nitrogens is 2. The molecule has 0 radical (unpaired) electrons. The van der Waals surface area contributed by atoms with Gasteiger partial charge in [0.2, 0.25) is 5.84 Å². The second-order valence-corrected chi connectivity index (χ2v) is 5.37. The van der Waals surface area contributed by atoms with Crippen LogP contribution in [0.15, 0.2) is 34.5 Å². The van der Waals surface area contributed by atoms with Crippen LogP contribution in [0.25, 0.3) is 11.0 Å². The van der Waals surface area contributed by atoms with Crippen LogP contribution in [0.1, 0.15) is 18.7 Å². The van der Waals surface area contributed by atoms with Gasteiger partial charge in [-0.25, -0.2) is 15.0 Å². The van der Waals surface area contributed by atoms with E-state index < -0.39 is 0 Å². The Balaban J connectivity index is 1.57. The number of benzene rings is 1. The summed E-state index contributed by atoms with van der Waals surface area (Å²) in [6.45, 7) is 0. The van der Waals surface area contributed by atoms with Crippen molar-refractivity contribution in [3.8, 4) is 0 Å². The van der Waals surface area contributed by atoms with Crippen molar-refractivity contribution in [2.45, 2.75) is 25.2 Å². The number of hydrogen-bond donors (Lipinski definition) is 3. The Morgan fingerprint density at radius 2 is 2.00 bits per heavy atom. The maximum Gasteiger partial charge on any atom is 0.212 e. The Labute approximate surface area is 120 Å². The Morgan fingerprint density at radius 3 is 2.95 bits per heavy atom. The van der Waals surface area contributed by atoms with Gasteiger partial charge in [-0.15, -0.1) is 0 Å². The van der Waals surface area contributed by atoms with Gasteiger partial charge in [-0.05, 0) is 25.0 Å². The number of imidazole rings is 1. The standard InChI is InChI=1S/C13H14N8/c1-2-4-9-8(3-1)15-12(16-9)13-19-18-11-6-5-10-17-14-7-20(10)21(11)13/h1-4,7,10-11,17-18H,5-6H2,(H,15,16). The van der Waals surface area contributed by atoms with Crippen molar-refractivity contribution in [1.82, 2.24) is 30.8 Å². The van der Waals surface area contributed by atoms with Gasteiger partial charge >= 0.3 is 0 Å². The van der Waals surface area contributed by atoms with Gasteiger partial charge in [0.25, 0.3) is 0 Å². The minimum absolute atomic E-state index is 0.163. The summed E-state index contributed by atoms with van der Waals surface area (Å²) < 4.78 is 0. The largest absolute Gasteiger partial charge is 0.335 e. The SMILES string of the molecule is C1=NNC2CCC3NN=C(c4nc5ccccc5[nH]4)N3N12. The molecular formula is C13H14N8. The maximum atomic E-state index is 4.64. The van der Waals surface area contributed by atoms with Crippen LogP contribution in [0.2, 0.25) is 0 Å². The lowest BCUT2D eigenvalue weighted by Gasteiger charge is -2.41. The minimum Gasteiger partial charge on any atom is -0.335 e. The van der Waals surface area contributed by atoms with Gasteiger partial charge < -0.3 is 4.98 Å². The first-order chi connectivity index (χ1) is 10.4. The van der Waals surface area contributed by atoms with Crippen LogP contribution in [-0.4, -0.2) is 44.5 Å². The summed E-state index contributed by atoms with van der Waals surface area (Å²) in [5.41, 5.74) is 8.26. The summed E-state index contributed by atoms with van der Waals surface area (Å²) in [6.07, 6.45) is 4.20. The second-order valence-electron chi connectivity index (χ2n) is 5.37. The molecule has 0 aliphatic carbocycles. The first kappa shape index (κ1) is 11.0. The average Bonchev–Trinajstić information content (AvgIpc) is 3.22. The van der Waals surface area contributed by atoms with Crippen LogP contribution in [0, 0.1) is 0 Å². The molecule has 0 amide bonds. The molecule has 0 saturated carbocycles. The molecule has 0 spiro atoms. The molecule has 8 heteroatoms. The number of H-pyrrole nitrogens is 1. The Bertz CT molecular complexity index is 729. The molecule has 1 fully saturated rings. The van der Waals surface area contributed by atoms with Crippen LogP contribution in [0.4, 0.5) is 0 Å². The van der Waals surface area contributed by atoms with Crippen LogP contribution in [0.3, 0.4) is 0 Å². The summed E-state index contributed by atoms with van der Waals surface area (Å²) >= 11 is 0. The van der Waals surface area contributed by atoms with E-state index in [0.717, 1.165) is 35.5 Å². The third-order valence-corrected chi connectivity index (χ3v) is 4.11. The van der Waals surface area contributed by atoms with Gasteiger partial charge in [0.1, 0.15) is 18.7 Å². The molecule has 1 aromatic heterocycles. The van der Waals surface area contributed by atoms with E-state index in [2.05, 4.69) is 41.0 Å². The van der Waals surface area contributed by atoms with Crippen LogP contribution >= 0.6 is 0 Å². The third kappa shape index (κ3) is 1.47. The van der Waals surface area contributed by atoms with Gasteiger partial charge in [0.05, 0.1) is 11.0 Å². The van der Waals surface area contributed by atoms with Crippen LogP contribution in [0.5, 0.6) is 0 Å². The summed E-state index contributed by atoms with van der Waals surface area (Å²) in [7, 11) is 0. The Morgan fingerprint density at radius 1 is 1.10 bits per heavy atom. The number of nitrogens with zero attached hydrogens (tertiary/aromatic N) is 5. The van der Waals surface area contributed by atoms with E-state index in [4.69, 9.17) is 0 Å². The Kier molecular flexibility index (Phi) is 2.02. The third-order valence-electron chi connectivity index (χ3n) is 4.11. The smallest absolute Gasteiger partial charge is 0.212 e. The van der Waals surface area contributed by atoms with Crippen molar-refractivity contribution in [3.05, 3.63) is 30.1 Å². The number of aromatic amines is 1. The molecule has 8 nitrogen and oxygen atoms in total. The van der Waals surface area contributed by atoms with E-state index in [-0.39, 0.29) is 12.3 Å². The monoisotopic (exact) mass is 282 g/mol. The zero-order chi connectivity index (χ0) is 13.8. The summed E-state index contributed by atoms with van der Waals surface area (Å²) in [6, 6.07) is 7.99. The van der Waals surface area contributed by atoms with Crippen molar-refractivity contribution in [3.63, 3.8) is 0 Å². The molecule has 1 aromatic carbocycles. The highest BCUT2D eigenvalue weighted by Crippen LogP contribution is 2.27. The van der Waals surface area contributed by atoms with Crippen molar-refractivity contribution in [2.24, 2.45) is 10.2 Å². The summed E-state index contributed by atoms with van der Waals surface area (Å²) in [5, 5.41) is 12.8. The van der Waals surface area contributed by atoms with Crippen molar-refractivity contribution in [2.75, 3.05) is 0 Å². The van der Waals surface area contributed by atoms with E-state index in [0.29, 0.717) is 0 Å².